The second-order valence-electron chi connectivity index (χ2n) is 9.14. The lowest BCUT2D eigenvalue weighted by atomic mass is 10.0. The van der Waals surface area contributed by atoms with Crippen LogP contribution < -0.4 is 10.1 Å². The maximum Gasteiger partial charge on any atom is 0.459 e. The fourth-order valence-corrected chi connectivity index (χ4v) is 3.69. The maximum absolute atomic E-state index is 13.6. The molecule has 0 bridgehead atoms. The molecule has 42 heavy (non-hydrogen) atoms. The van der Waals surface area contributed by atoms with Crippen LogP contribution in [0.1, 0.15) is 31.7 Å². The largest absolute Gasteiger partial charge is 0.492 e. The van der Waals surface area contributed by atoms with E-state index in [1.165, 1.54) is 12.1 Å². The molecule has 2 N–H and O–H groups in total. The second kappa shape index (κ2) is 15.0. The zero-order chi connectivity index (χ0) is 31.6. The molecular formula is C27H30F8N2O5. The fraction of sp³-hybridized carbons (Fsp3) is 0.481. The third kappa shape index (κ3) is 10.0. The Morgan fingerprint density at radius 3 is 2.10 bits per heavy atom. The molecule has 0 fully saturated rings. The summed E-state index contributed by atoms with van der Waals surface area (Å²) >= 11 is 0. The number of carboxylic acids is 1. The lowest BCUT2D eigenvalue weighted by Crippen LogP contribution is -2.51. The minimum absolute atomic E-state index is 0.106. The number of nitrogens with one attached hydrogen (secondary N) is 1. The summed E-state index contributed by atoms with van der Waals surface area (Å²) in [6.45, 7) is 1.31. The van der Waals surface area contributed by atoms with Gasteiger partial charge in [-0.1, -0.05) is 12.1 Å². The first kappa shape index (κ1) is 34.6. The first-order chi connectivity index (χ1) is 19.6. The first-order valence-electron chi connectivity index (χ1n) is 12.8. The number of carbonyl (C=O) groups is 2. The van der Waals surface area contributed by atoms with Crippen molar-refractivity contribution in [3.05, 3.63) is 59.9 Å². The molecule has 15 heteroatoms. The normalized spacial score (nSPS) is 13.0. The Labute approximate surface area is 236 Å². The molecule has 234 valence electrons. The lowest BCUT2D eigenvalue weighted by molar-refractivity contribution is -0.355. The van der Waals surface area contributed by atoms with Crippen LogP contribution >= 0.6 is 0 Å². The number of benzene rings is 2. The molecule has 0 aliphatic carbocycles. The first-order valence-corrected chi connectivity index (χ1v) is 12.8. The van der Waals surface area contributed by atoms with E-state index in [2.05, 4.69) is 5.32 Å². The van der Waals surface area contributed by atoms with Crippen LogP contribution in [0.2, 0.25) is 0 Å². The van der Waals surface area contributed by atoms with E-state index in [-0.39, 0.29) is 44.8 Å². The number of halogens is 8. The summed E-state index contributed by atoms with van der Waals surface area (Å²) in [6, 6.07) is 10.2. The van der Waals surface area contributed by atoms with Crippen molar-refractivity contribution in [3.63, 3.8) is 0 Å². The second-order valence-corrected chi connectivity index (χ2v) is 9.14. The Morgan fingerprint density at radius 1 is 0.929 bits per heavy atom. The number of hydrogen-bond donors (Lipinski definition) is 2. The standard InChI is InChI=1S/C27H30F8N2O5/c1-2-41-22(23(38)39)17-18-5-11-21(12-6-18)42-16-15-37(24(40)36-20-9-7-19(28)8-10-20)14-4-3-13-25(29,30)26(31,32)27(33,34)35/h5-12,22H,2-4,13-17H2,1H3,(H,36,40)(H,38,39). The molecule has 0 radical (unpaired) electrons. The Hall–Kier alpha value is -3.62. The molecule has 0 heterocycles. The number of unbranched alkanes of at least 4 members (excludes halogenated alkanes) is 1. The molecule has 0 saturated heterocycles. The van der Waals surface area contributed by atoms with Gasteiger partial charge < -0.3 is 24.8 Å². The predicted octanol–water partition coefficient (Wildman–Crippen LogP) is 6.77. The number of urea groups is 1. The molecule has 2 amide bonds. The average Bonchev–Trinajstić information content (AvgIpc) is 2.91. The van der Waals surface area contributed by atoms with E-state index in [0.717, 1.165) is 17.0 Å². The smallest absolute Gasteiger partial charge is 0.459 e. The molecular weight excluding hydrogens is 584 g/mol. The van der Waals surface area contributed by atoms with Crippen molar-refractivity contribution in [3.8, 4) is 5.75 Å². The molecule has 2 aromatic carbocycles. The van der Waals surface area contributed by atoms with Gasteiger partial charge in [-0.2, -0.15) is 30.7 Å². The van der Waals surface area contributed by atoms with Gasteiger partial charge in [-0.15, -0.1) is 0 Å². The van der Waals surface area contributed by atoms with Gasteiger partial charge >= 0.3 is 30.0 Å². The average molecular weight is 615 g/mol. The van der Waals surface area contributed by atoms with Gasteiger partial charge in [-0.3, -0.25) is 0 Å². The molecule has 0 saturated carbocycles. The van der Waals surface area contributed by atoms with Gasteiger partial charge in [0.15, 0.2) is 6.10 Å². The highest BCUT2D eigenvalue weighted by atomic mass is 19.4. The molecule has 1 unspecified atom stereocenters. The van der Waals surface area contributed by atoms with Gasteiger partial charge in [0.1, 0.15) is 18.2 Å². The van der Waals surface area contributed by atoms with Gasteiger partial charge in [0.25, 0.3) is 0 Å². The summed E-state index contributed by atoms with van der Waals surface area (Å²) in [7, 11) is 0. The van der Waals surface area contributed by atoms with Crippen molar-refractivity contribution >= 4 is 17.7 Å². The molecule has 0 spiro atoms. The van der Waals surface area contributed by atoms with Crippen molar-refractivity contribution in [2.24, 2.45) is 0 Å². The topological polar surface area (TPSA) is 88.1 Å². The number of anilines is 1. The number of rotatable bonds is 16. The van der Waals surface area contributed by atoms with Gasteiger partial charge in [-0.05, 0) is 61.7 Å². The van der Waals surface area contributed by atoms with Crippen LogP contribution in [0.15, 0.2) is 48.5 Å². The Bertz CT molecular complexity index is 1140. The third-order valence-corrected chi connectivity index (χ3v) is 5.98. The van der Waals surface area contributed by atoms with Crippen molar-refractivity contribution in [1.82, 2.24) is 4.90 Å². The van der Waals surface area contributed by atoms with Crippen molar-refractivity contribution in [2.45, 2.75) is 56.7 Å². The quantitative estimate of drug-likeness (QED) is 0.161. The number of nitrogens with zero attached hydrogens (tertiary/aromatic N) is 1. The minimum Gasteiger partial charge on any atom is -0.492 e. The summed E-state index contributed by atoms with van der Waals surface area (Å²) in [6.07, 6.45) is -10.2. The molecule has 0 aliphatic heterocycles. The number of ether oxygens (including phenoxy) is 2. The van der Waals surface area contributed by atoms with Crippen LogP contribution in [0, 0.1) is 5.82 Å². The minimum atomic E-state index is -6.42. The molecule has 7 nitrogen and oxygen atoms in total. The zero-order valence-corrected chi connectivity index (χ0v) is 22.4. The van der Waals surface area contributed by atoms with Crippen LogP contribution in [0.5, 0.6) is 5.75 Å². The van der Waals surface area contributed by atoms with Gasteiger partial charge in [0.05, 0.1) is 6.54 Å². The van der Waals surface area contributed by atoms with Crippen molar-refractivity contribution in [1.29, 1.82) is 0 Å². The number of alkyl halides is 7. The summed E-state index contributed by atoms with van der Waals surface area (Å²) in [5, 5.41) is 11.7. The van der Waals surface area contributed by atoms with Crippen molar-refractivity contribution in [2.75, 3.05) is 31.6 Å². The summed E-state index contributed by atoms with van der Waals surface area (Å²) in [5.74, 6) is -12.9. The van der Waals surface area contributed by atoms with Gasteiger partial charge in [0, 0.05) is 31.7 Å². The van der Waals surface area contributed by atoms with Gasteiger partial charge in [0.2, 0.25) is 0 Å². The van der Waals surface area contributed by atoms with E-state index < -0.39 is 54.8 Å². The molecule has 0 aliphatic rings. The van der Waals surface area contributed by atoms with E-state index in [9.17, 15) is 49.8 Å². The molecule has 2 rings (SSSR count). The predicted molar refractivity (Wildman–Crippen MR) is 135 cm³/mol. The molecule has 0 aromatic heterocycles. The molecule has 1 atom stereocenters. The lowest BCUT2D eigenvalue weighted by Gasteiger charge is -2.28. The zero-order valence-electron chi connectivity index (χ0n) is 22.4. The number of hydrogen-bond acceptors (Lipinski definition) is 4. The van der Waals surface area contributed by atoms with E-state index >= 15 is 0 Å². The SMILES string of the molecule is CCOC(Cc1ccc(OCCN(CCCCC(F)(F)C(F)(F)C(F)(F)F)C(=O)Nc2ccc(F)cc2)cc1)C(=O)O. The summed E-state index contributed by atoms with van der Waals surface area (Å²) in [4.78, 5) is 25.1. The Balaban J connectivity index is 1.99. The van der Waals surface area contributed by atoms with Crippen molar-refractivity contribution < 1.29 is 59.3 Å². The highest BCUT2D eigenvalue weighted by Gasteiger charge is 2.72. The number of carbonyl (C=O) groups excluding carboxylic acids is 1. The van der Waals surface area contributed by atoms with Crippen LogP contribution in [-0.2, 0) is 16.0 Å². The number of aliphatic carboxylic acids is 1. The van der Waals surface area contributed by atoms with E-state index in [0.29, 0.717) is 11.3 Å². The van der Waals surface area contributed by atoms with Crippen LogP contribution in [0.3, 0.4) is 0 Å². The van der Waals surface area contributed by atoms with Crippen LogP contribution in [0.4, 0.5) is 45.6 Å². The highest BCUT2D eigenvalue weighted by molar-refractivity contribution is 5.89. The van der Waals surface area contributed by atoms with Gasteiger partial charge in [-0.25, -0.2) is 14.0 Å². The van der Waals surface area contributed by atoms with Crippen LogP contribution in [0.25, 0.3) is 0 Å². The van der Waals surface area contributed by atoms with E-state index in [4.69, 9.17) is 9.47 Å². The Kier molecular flexibility index (Phi) is 12.4. The monoisotopic (exact) mass is 614 g/mol. The third-order valence-electron chi connectivity index (χ3n) is 5.98. The summed E-state index contributed by atoms with van der Waals surface area (Å²) in [5.41, 5.74) is 0.836. The highest BCUT2D eigenvalue weighted by Crippen LogP contribution is 2.48. The number of carboxylic acid groups (broad SMARTS) is 1. The Morgan fingerprint density at radius 2 is 1.55 bits per heavy atom. The number of amides is 2. The fourth-order valence-electron chi connectivity index (χ4n) is 3.69. The summed E-state index contributed by atoms with van der Waals surface area (Å²) < 4.78 is 115. The van der Waals surface area contributed by atoms with Crippen LogP contribution in [-0.4, -0.2) is 72.4 Å². The van der Waals surface area contributed by atoms with E-state index in [1.54, 1.807) is 31.2 Å². The van der Waals surface area contributed by atoms with E-state index in [1.807, 2.05) is 0 Å². The molecule has 2 aromatic rings. The maximum atomic E-state index is 13.6.